The number of nitrogens with one attached hydrogen (secondary N) is 1. The Kier molecular flexibility index (Phi) is 3.51. The van der Waals surface area contributed by atoms with Gasteiger partial charge in [-0.05, 0) is 41.1 Å². The maximum Gasteiger partial charge on any atom is 0.265 e. The molecule has 0 unspecified atom stereocenters. The maximum absolute atomic E-state index is 11.7. The van der Waals surface area contributed by atoms with Crippen LogP contribution in [0, 0.1) is 0 Å². The van der Waals surface area contributed by atoms with Crippen molar-refractivity contribution in [2.75, 3.05) is 0 Å². The molecular formula is C11H13N5O2S. The molecule has 2 heterocycles. The molecule has 0 radical (unpaired) electrons. The standard InChI is InChI=1S/C11H13N5O2S/c17-10(13-18-9-2-1-3-9)6-16-11(12-14-15-16)8-4-5-19-7-8/h4-5,7,9H,1-3,6H2,(H,13,17). The first-order chi connectivity index (χ1) is 9.33. The molecule has 0 aliphatic heterocycles. The highest BCUT2D eigenvalue weighted by Gasteiger charge is 2.20. The van der Waals surface area contributed by atoms with E-state index in [0.29, 0.717) is 5.82 Å². The minimum Gasteiger partial charge on any atom is -0.271 e. The lowest BCUT2D eigenvalue weighted by atomic mass is 9.97. The van der Waals surface area contributed by atoms with E-state index in [-0.39, 0.29) is 18.6 Å². The van der Waals surface area contributed by atoms with Crippen molar-refractivity contribution in [1.82, 2.24) is 25.7 Å². The minimum absolute atomic E-state index is 0.0465. The molecule has 0 spiro atoms. The molecule has 2 aromatic heterocycles. The van der Waals surface area contributed by atoms with Gasteiger partial charge >= 0.3 is 0 Å². The Balaban J connectivity index is 1.60. The number of hydroxylamine groups is 1. The lowest BCUT2D eigenvalue weighted by molar-refractivity contribution is -0.143. The maximum atomic E-state index is 11.7. The summed E-state index contributed by atoms with van der Waals surface area (Å²) in [7, 11) is 0. The number of hydrogen-bond donors (Lipinski definition) is 1. The van der Waals surface area contributed by atoms with E-state index in [9.17, 15) is 4.79 Å². The summed E-state index contributed by atoms with van der Waals surface area (Å²) in [6.45, 7) is 0.0465. The van der Waals surface area contributed by atoms with Gasteiger partial charge < -0.3 is 0 Å². The number of nitrogens with zero attached hydrogens (tertiary/aromatic N) is 4. The van der Waals surface area contributed by atoms with Crippen LogP contribution in [-0.2, 0) is 16.2 Å². The topological polar surface area (TPSA) is 81.9 Å². The average molecular weight is 279 g/mol. The third-order valence-electron chi connectivity index (χ3n) is 3.00. The van der Waals surface area contributed by atoms with Gasteiger partial charge in [0, 0.05) is 10.9 Å². The highest BCUT2D eigenvalue weighted by atomic mass is 32.1. The van der Waals surface area contributed by atoms with Crippen LogP contribution in [0.3, 0.4) is 0 Å². The minimum atomic E-state index is -0.254. The van der Waals surface area contributed by atoms with Gasteiger partial charge in [-0.15, -0.1) is 5.10 Å². The normalized spacial score (nSPS) is 15.2. The Hall–Kier alpha value is -1.80. The molecule has 0 bridgehead atoms. The number of carbonyl (C=O) groups excluding carboxylic acids is 1. The lowest BCUT2D eigenvalue weighted by Crippen LogP contribution is -2.35. The van der Waals surface area contributed by atoms with Crippen LogP contribution in [-0.4, -0.2) is 32.2 Å². The molecule has 1 aliphatic rings. The van der Waals surface area contributed by atoms with Crippen molar-refractivity contribution >= 4 is 17.2 Å². The fourth-order valence-corrected chi connectivity index (χ4v) is 2.35. The van der Waals surface area contributed by atoms with E-state index in [1.165, 1.54) is 4.68 Å². The van der Waals surface area contributed by atoms with Crippen LogP contribution in [0.2, 0.25) is 0 Å². The molecule has 0 atom stereocenters. The number of aromatic nitrogens is 4. The van der Waals surface area contributed by atoms with Gasteiger partial charge in [-0.3, -0.25) is 9.63 Å². The smallest absolute Gasteiger partial charge is 0.265 e. The lowest BCUT2D eigenvalue weighted by Gasteiger charge is -2.24. The van der Waals surface area contributed by atoms with E-state index in [2.05, 4.69) is 21.0 Å². The van der Waals surface area contributed by atoms with Crippen LogP contribution < -0.4 is 5.48 Å². The summed E-state index contributed by atoms with van der Waals surface area (Å²) < 4.78 is 1.46. The monoisotopic (exact) mass is 279 g/mol. The Bertz CT molecular complexity index is 549. The van der Waals surface area contributed by atoms with E-state index in [4.69, 9.17) is 4.84 Å². The van der Waals surface area contributed by atoms with Gasteiger partial charge in [0.2, 0.25) is 0 Å². The SMILES string of the molecule is O=C(Cn1nnnc1-c1ccsc1)NOC1CCC1. The molecule has 2 aromatic rings. The fourth-order valence-electron chi connectivity index (χ4n) is 1.72. The quantitative estimate of drug-likeness (QED) is 0.826. The molecule has 0 saturated heterocycles. The van der Waals surface area contributed by atoms with Crippen LogP contribution in [0.1, 0.15) is 19.3 Å². The van der Waals surface area contributed by atoms with Crippen molar-refractivity contribution in [3.05, 3.63) is 16.8 Å². The summed E-state index contributed by atoms with van der Waals surface area (Å²) in [4.78, 5) is 17.0. The van der Waals surface area contributed by atoms with Crippen LogP contribution in [0.4, 0.5) is 0 Å². The van der Waals surface area contributed by atoms with Crippen LogP contribution in [0.25, 0.3) is 11.4 Å². The zero-order chi connectivity index (χ0) is 13.1. The van der Waals surface area contributed by atoms with Crippen molar-refractivity contribution in [2.24, 2.45) is 0 Å². The van der Waals surface area contributed by atoms with Gasteiger partial charge in [-0.25, -0.2) is 10.2 Å². The van der Waals surface area contributed by atoms with Crippen LogP contribution in [0.5, 0.6) is 0 Å². The number of amides is 1. The summed E-state index contributed by atoms with van der Waals surface area (Å²) in [5, 5.41) is 15.2. The summed E-state index contributed by atoms with van der Waals surface area (Å²) in [6.07, 6.45) is 3.33. The molecule has 1 N–H and O–H groups in total. The van der Waals surface area contributed by atoms with Gasteiger partial charge in [-0.1, -0.05) is 0 Å². The molecule has 3 rings (SSSR count). The summed E-state index contributed by atoms with van der Waals surface area (Å²) in [5.41, 5.74) is 3.35. The first kappa shape index (κ1) is 12.2. The number of rotatable bonds is 5. The van der Waals surface area contributed by atoms with Gasteiger partial charge in [0.25, 0.3) is 5.91 Å². The zero-order valence-electron chi connectivity index (χ0n) is 10.2. The molecule has 7 nitrogen and oxygen atoms in total. The zero-order valence-corrected chi connectivity index (χ0v) is 11.0. The largest absolute Gasteiger partial charge is 0.271 e. The predicted molar refractivity (Wildman–Crippen MR) is 68.0 cm³/mol. The summed E-state index contributed by atoms with van der Waals surface area (Å²) in [6, 6.07) is 1.91. The number of hydrogen-bond acceptors (Lipinski definition) is 6. The van der Waals surface area contributed by atoms with E-state index in [1.807, 2.05) is 16.8 Å². The number of tetrazole rings is 1. The second-order valence-corrected chi connectivity index (χ2v) is 5.15. The second kappa shape index (κ2) is 5.45. The van der Waals surface area contributed by atoms with Gasteiger partial charge in [-0.2, -0.15) is 11.3 Å². The molecule has 1 fully saturated rings. The van der Waals surface area contributed by atoms with E-state index >= 15 is 0 Å². The number of thiophene rings is 1. The summed E-state index contributed by atoms with van der Waals surface area (Å²) in [5.74, 6) is 0.329. The molecule has 1 saturated carbocycles. The van der Waals surface area contributed by atoms with Crippen molar-refractivity contribution in [3.8, 4) is 11.4 Å². The van der Waals surface area contributed by atoms with Crippen molar-refractivity contribution < 1.29 is 9.63 Å². The van der Waals surface area contributed by atoms with Crippen LogP contribution >= 0.6 is 11.3 Å². The van der Waals surface area contributed by atoms with Gasteiger partial charge in [0.15, 0.2) is 5.82 Å². The Morgan fingerprint density at radius 2 is 2.47 bits per heavy atom. The molecule has 100 valence electrons. The molecule has 19 heavy (non-hydrogen) atoms. The fraction of sp³-hybridized carbons (Fsp3) is 0.455. The van der Waals surface area contributed by atoms with Crippen molar-refractivity contribution in [2.45, 2.75) is 31.9 Å². The molecule has 1 amide bonds. The average Bonchev–Trinajstić information content (AvgIpc) is 2.96. The Morgan fingerprint density at radius 1 is 1.58 bits per heavy atom. The predicted octanol–water partition coefficient (Wildman–Crippen LogP) is 1.00. The van der Waals surface area contributed by atoms with E-state index in [1.54, 1.807) is 11.3 Å². The molecule has 0 aromatic carbocycles. The third-order valence-corrected chi connectivity index (χ3v) is 3.68. The first-order valence-corrected chi connectivity index (χ1v) is 7.00. The molecular weight excluding hydrogens is 266 g/mol. The number of carbonyl (C=O) groups is 1. The summed E-state index contributed by atoms with van der Waals surface area (Å²) >= 11 is 1.56. The second-order valence-electron chi connectivity index (χ2n) is 4.37. The molecule has 8 heteroatoms. The first-order valence-electron chi connectivity index (χ1n) is 6.06. The molecule has 1 aliphatic carbocycles. The van der Waals surface area contributed by atoms with E-state index < -0.39 is 0 Å². The third kappa shape index (κ3) is 2.79. The van der Waals surface area contributed by atoms with Gasteiger partial charge in [0.05, 0.1) is 6.10 Å². The highest BCUT2D eigenvalue weighted by Crippen LogP contribution is 2.21. The Labute approximate surface area is 113 Å². The van der Waals surface area contributed by atoms with E-state index in [0.717, 1.165) is 24.8 Å². The Morgan fingerprint density at radius 3 is 3.16 bits per heavy atom. The van der Waals surface area contributed by atoms with Crippen molar-refractivity contribution in [3.63, 3.8) is 0 Å². The van der Waals surface area contributed by atoms with Gasteiger partial charge in [0.1, 0.15) is 6.54 Å². The van der Waals surface area contributed by atoms with Crippen LogP contribution in [0.15, 0.2) is 16.8 Å². The highest BCUT2D eigenvalue weighted by molar-refractivity contribution is 7.08. The van der Waals surface area contributed by atoms with Crippen molar-refractivity contribution in [1.29, 1.82) is 0 Å².